The zero-order valence-corrected chi connectivity index (χ0v) is 13.0. The van der Waals surface area contributed by atoms with Crippen LogP contribution in [-0.4, -0.2) is 8.42 Å². The van der Waals surface area contributed by atoms with Crippen LogP contribution in [0.2, 0.25) is 0 Å². The minimum absolute atomic E-state index is 0.110. The van der Waals surface area contributed by atoms with Gasteiger partial charge in [0.05, 0.1) is 9.47 Å². The topological polar surface area (TPSA) is 72.2 Å². The van der Waals surface area contributed by atoms with Crippen LogP contribution in [0.15, 0.2) is 32.3 Å². The third kappa shape index (κ3) is 3.07. The number of halogens is 2. The van der Waals surface area contributed by atoms with Crippen molar-refractivity contribution >= 4 is 48.7 Å². The van der Waals surface area contributed by atoms with Crippen LogP contribution in [0.3, 0.4) is 0 Å². The Kier molecular flexibility index (Phi) is 3.84. The van der Waals surface area contributed by atoms with E-state index in [1.165, 1.54) is 18.2 Å². The first-order chi connectivity index (χ1) is 8.79. The highest BCUT2D eigenvalue weighted by Gasteiger charge is 2.20. The number of aryl methyl sites for hydroxylation is 1. The maximum atomic E-state index is 13.5. The fraction of sp³-hybridized carbons (Fsp3) is 0.0909. The maximum Gasteiger partial charge on any atom is 0.271 e. The number of thiophene rings is 1. The second kappa shape index (κ2) is 5.10. The minimum Gasteiger partial charge on any atom is -0.399 e. The van der Waals surface area contributed by atoms with Crippen molar-refractivity contribution in [2.75, 3.05) is 10.5 Å². The lowest BCUT2D eigenvalue weighted by atomic mass is 10.3. The summed E-state index contributed by atoms with van der Waals surface area (Å²) >= 11 is 4.32. The summed E-state index contributed by atoms with van der Waals surface area (Å²) < 4.78 is 40.7. The molecule has 1 aromatic carbocycles. The van der Waals surface area contributed by atoms with Gasteiger partial charge in [-0.3, -0.25) is 4.72 Å². The van der Waals surface area contributed by atoms with Crippen LogP contribution < -0.4 is 10.5 Å². The summed E-state index contributed by atoms with van der Waals surface area (Å²) in [7, 11) is -3.81. The van der Waals surface area contributed by atoms with Crippen LogP contribution in [-0.2, 0) is 10.0 Å². The predicted molar refractivity (Wildman–Crippen MR) is 78.4 cm³/mol. The van der Waals surface area contributed by atoms with Crippen molar-refractivity contribution in [3.05, 3.63) is 39.4 Å². The van der Waals surface area contributed by atoms with Gasteiger partial charge in [0.25, 0.3) is 10.0 Å². The molecule has 0 spiro atoms. The van der Waals surface area contributed by atoms with Crippen LogP contribution in [0.4, 0.5) is 15.8 Å². The molecule has 2 rings (SSSR count). The number of nitrogens with two attached hydrogens (primary N) is 1. The second-order valence-corrected chi connectivity index (χ2v) is 8.15. The molecule has 0 aliphatic rings. The summed E-state index contributed by atoms with van der Waals surface area (Å²) in [6, 6.07) is 5.23. The van der Waals surface area contributed by atoms with Gasteiger partial charge in [-0.1, -0.05) is 0 Å². The Hall–Kier alpha value is -1.12. The molecule has 0 saturated carbocycles. The first-order valence-corrected chi connectivity index (χ1v) is 8.22. The SMILES string of the molecule is Cc1cc(S(=O)(=O)Nc2cc(N)ccc2F)sc1Br. The Morgan fingerprint density at radius 3 is 2.63 bits per heavy atom. The Bertz CT molecular complexity index is 709. The third-order valence-electron chi connectivity index (χ3n) is 2.33. The van der Waals surface area contributed by atoms with Gasteiger partial charge in [0, 0.05) is 5.69 Å². The fourth-order valence-electron chi connectivity index (χ4n) is 1.38. The molecule has 8 heteroatoms. The smallest absolute Gasteiger partial charge is 0.271 e. The van der Waals surface area contributed by atoms with Crippen molar-refractivity contribution in [3.8, 4) is 0 Å². The predicted octanol–water partition coefficient (Wildman–Crippen LogP) is 3.34. The number of benzene rings is 1. The molecule has 19 heavy (non-hydrogen) atoms. The molecule has 0 unspecified atom stereocenters. The molecule has 0 fully saturated rings. The van der Waals surface area contributed by atoms with Gasteiger partial charge in [-0.25, -0.2) is 12.8 Å². The molecule has 0 amide bonds. The Morgan fingerprint density at radius 2 is 2.05 bits per heavy atom. The molecular weight excluding hydrogens is 355 g/mol. The van der Waals surface area contributed by atoms with E-state index in [-0.39, 0.29) is 15.6 Å². The van der Waals surface area contributed by atoms with E-state index in [0.717, 1.165) is 26.8 Å². The molecule has 102 valence electrons. The Balaban J connectivity index is 2.39. The van der Waals surface area contributed by atoms with Gasteiger partial charge in [0.2, 0.25) is 0 Å². The number of rotatable bonds is 3. The van der Waals surface area contributed by atoms with Crippen molar-refractivity contribution in [1.29, 1.82) is 0 Å². The van der Waals surface area contributed by atoms with Crippen molar-refractivity contribution in [1.82, 2.24) is 0 Å². The van der Waals surface area contributed by atoms with Gasteiger partial charge in [0.1, 0.15) is 10.0 Å². The maximum absolute atomic E-state index is 13.5. The van der Waals surface area contributed by atoms with E-state index in [1.807, 2.05) is 0 Å². The molecule has 0 atom stereocenters. The lowest BCUT2D eigenvalue weighted by molar-refractivity contribution is 0.600. The van der Waals surface area contributed by atoms with E-state index in [2.05, 4.69) is 20.7 Å². The highest BCUT2D eigenvalue weighted by atomic mass is 79.9. The van der Waals surface area contributed by atoms with Gasteiger partial charge in [-0.15, -0.1) is 11.3 Å². The number of hydrogen-bond donors (Lipinski definition) is 2. The van der Waals surface area contributed by atoms with Crippen molar-refractivity contribution in [2.24, 2.45) is 0 Å². The average Bonchev–Trinajstić information content (AvgIpc) is 2.65. The van der Waals surface area contributed by atoms with Crippen LogP contribution >= 0.6 is 27.3 Å². The average molecular weight is 365 g/mol. The highest BCUT2D eigenvalue weighted by Crippen LogP contribution is 2.32. The quantitative estimate of drug-likeness (QED) is 0.820. The van der Waals surface area contributed by atoms with Crippen LogP contribution in [0, 0.1) is 12.7 Å². The molecule has 1 heterocycles. The fourth-order valence-corrected chi connectivity index (χ4v) is 4.66. The van der Waals surface area contributed by atoms with Crippen molar-refractivity contribution in [2.45, 2.75) is 11.1 Å². The van der Waals surface area contributed by atoms with Crippen LogP contribution in [0.1, 0.15) is 5.56 Å². The highest BCUT2D eigenvalue weighted by molar-refractivity contribution is 9.11. The lowest BCUT2D eigenvalue weighted by Gasteiger charge is -2.07. The third-order valence-corrected chi connectivity index (χ3v) is 6.31. The second-order valence-electron chi connectivity index (χ2n) is 3.87. The summed E-state index contributed by atoms with van der Waals surface area (Å²) in [5, 5.41) is 0. The summed E-state index contributed by atoms with van der Waals surface area (Å²) in [4.78, 5) is 0. The van der Waals surface area contributed by atoms with E-state index in [4.69, 9.17) is 5.73 Å². The molecule has 1 aromatic heterocycles. The van der Waals surface area contributed by atoms with Crippen molar-refractivity contribution < 1.29 is 12.8 Å². The Labute approximate surface area is 122 Å². The molecule has 0 aliphatic carbocycles. The van der Waals surface area contributed by atoms with Gasteiger partial charge >= 0.3 is 0 Å². The number of anilines is 2. The van der Waals surface area contributed by atoms with E-state index < -0.39 is 15.8 Å². The normalized spacial score (nSPS) is 11.5. The minimum atomic E-state index is -3.81. The van der Waals surface area contributed by atoms with Crippen molar-refractivity contribution in [3.63, 3.8) is 0 Å². The van der Waals surface area contributed by atoms with Crippen LogP contribution in [0.25, 0.3) is 0 Å². The van der Waals surface area contributed by atoms with E-state index in [0.29, 0.717) is 0 Å². The summed E-state index contributed by atoms with van der Waals surface area (Å²) in [5.41, 5.74) is 6.43. The first-order valence-electron chi connectivity index (χ1n) is 5.13. The number of hydrogen-bond acceptors (Lipinski definition) is 4. The largest absolute Gasteiger partial charge is 0.399 e. The summed E-state index contributed by atoms with van der Waals surface area (Å²) in [5.74, 6) is -0.676. The van der Waals surface area contributed by atoms with E-state index >= 15 is 0 Å². The lowest BCUT2D eigenvalue weighted by Crippen LogP contribution is -2.12. The van der Waals surface area contributed by atoms with E-state index in [1.54, 1.807) is 6.92 Å². The standard InChI is InChI=1S/C11H10BrFN2O2S2/c1-6-4-10(18-11(6)12)19(16,17)15-9-5-7(14)2-3-8(9)13/h2-5,15H,14H2,1H3. The molecule has 3 N–H and O–H groups in total. The number of sulfonamides is 1. The monoisotopic (exact) mass is 364 g/mol. The molecule has 0 radical (unpaired) electrons. The molecule has 2 aromatic rings. The van der Waals surface area contributed by atoms with Gasteiger partial charge < -0.3 is 5.73 Å². The van der Waals surface area contributed by atoms with Gasteiger partial charge in [-0.05, 0) is 52.7 Å². The molecule has 0 saturated heterocycles. The number of nitrogen functional groups attached to an aromatic ring is 1. The summed E-state index contributed by atoms with van der Waals surface area (Å²) in [6.07, 6.45) is 0. The zero-order chi connectivity index (χ0) is 14.2. The first kappa shape index (κ1) is 14.3. The molecule has 0 bridgehead atoms. The Morgan fingerprint density at radius 1 is 1.37 bits per heavy atom. The zero-order valence-electron chi connectivity index (χ0n) is 9.78. The van der Waals surface area contributed by atoms with Crippen LogP contribution in [0.5, 0.6) is 0 Å². The number of nitrogens with one attached hydrogen (secondary N) is 1. The molecule has 0 aliphatic heterocycles. The molecule has 4 nitrogen and oxygen atoms in total. The van der Waals surface area contributed by atoms with Gasteiger partial charge in [0.15, 0.2) is 0 Å². The summed E-state index contributed by atoms with van der Waals surface area (Å²) in [6.45, 7) is 1.78. The molecular formula is C11H10BrFN2O2S2. The van der Waals surface area contributed by atoms with E-state index in [9.17, 15) is 12.8 Å². The van der Waals surface area contributed by atoms with Gasteiger partial charge in [-0.2, -0.15) is 0 Å².